The van der Waals surface area contributed by atoms with Crippen LogP contribution in [0, 0.1) is 11.3 Å². The third-order valence-corrected chi connectivity index (χ3v) is 4.35. The Kier molecular flexibility index (Phi) is 6.73. The first-order valence-electron chi connectivity index (χ1n) is 8.59. The van der Waals surface area contributed by atoms with Gasteiger partial charge in [0.25, 0.3) is 5.91 Å². The molecule has 1 atom stereocenters. The molecule has 2 rings (SSSR count). The molecular formula is C19H22N2O5. The van der Waals surface area contributed by atoms with Gasteiger partial charge in [0, 0.05) is 0 Å². The lowest BCUT2D eigenvalue weighted by Gasteiger charge is -2.32. The van der Waals surface area contributed by atoms with E-state index in [9.17, 15) is 19.6 Å². The first kappa shape index (κ1) is 19.4. The number of carbonyl (C=O) groups is 3. The SMILES string of the molecule is C[C@@H](OC(=O)COc1ccccc1C=O)C(=O)NC1(C#N)CCCCC1. The Hall–Kier alpha value is -2.88. The van der Waals surface area contributed by atoms with Crippen LogP contribution in [0.3, 0.4) is 0 Å². The summed E-state index contributed by atoms with van der Waals surface area (Å²) in [7, 11) is 0. The summed E-state index contributed by atoms with van der Waals surface area (Å²) >= 11 is 0. The van der Waals surface area contributed by atoms with Gasteiger partial charge in [-0.2, -0.15) is 5.26 Å². The fourth-order valence-corrected chi connectivity index (χ4v) is 2.89. The fourth-order valence-electron chi connectivity index (χ4n) is 2.89. The quantitative estimate of drug-likeness (QED) is 0.591. The Morgan fingerprint density at radius 1 is 1.31 bits per heavy atom. The largest absolute Gasteiger partial charge is 0.481 e. The minimum absolute atomic E-state index is 0.266. The van der Waals surface area contributed by atoms with Crippen LogP contribution < -0.4 is 10.1 Å². The van der Waals surface area contributed by atoms with Crippen molar-refractivity contribution in [2.45, 2.75) is 50.7 Å². The van der Waals surface area contributed by atoms with Crippen molar-refractivity contribution in [2.75, 3.05) is 6.61 Å². The predicted octanol–water partition coefficient (Wildman–Crippen LogP) is 2.15. The van der Waals surface area contributed by atoms with Gasteiger partial charge in [0.1, 0.15) is 11.3 Å². The van der Waals surface area contributed by atoms with E-state index in [2.05, 4.69) is 11.4 Å². The second-order valence-electron chi connectivity index (χ2n) is 6.32. The normalized spacial score (nSPS) is 16.6. The van der Waals surface area contributed by atoms with Crippen molar-refractivity contribution in [1.82, 2.24) is 5.32 Å². The van der Waals surface area contributed by atoms with Gasteiger partial charge in [-0.25, -0.2) is 4.79 Å². The zero-order valence-corrected chi connectivity index (χ0v) is 14.7. The highest BCUT2D eigenvalue weighted by molar-refractivity contribution is 5.85. The van der Waals surface area contributed by atoms with Crippen molar-refractivity contribution in [3.05, 3.63) is 29.8 Å². The number of para-hydroxylation sites is 1. The van der Waals surface area contributed by atoms with Crippen molar-refractivity contribution >= 4 is 18.2 Å². The summed E-state index contributed by atoms with van der Waals surface area (Å²) in [5.74, 6) is -0.972. The molecule has 138 valence electrons. The summed E-state index contributed by atoms with van der Waals surface area (Å²) in [6.45, 7) is 1.02. The molecule has 0 bridgehead atoms. The molecule has 1 aromatic carbocycles. The number of aldehydes is 1. The van der Waals surface area contributed by atoms with Gasteiger partial charge in [-0.15, -0.1) is 0 Å². The average Bonchev–Trinajstić information content (AvgIpc) is 2.67. The van der Waals surface area contributed by atoms with Crippen LogP contribution in [0.1, 0.15) is 49.4 Å². The van der Waals surface area contributed by atoms with Crippen LogP contribution in [0.2, 0.25) is 0 Å². The van der Waals surface area contributed by atoms with E-state index in [-0.39, 0.29) is 5.75 Å². The molecule has 1 amide bonds. The minimum atomic E-state index is -1.04. The number of hydrogen-bond acceptors (Lipinski definition) is 6. The van der Waals surface area contributed by atoms with Gasteiger partial charge >= 0.3 is 5.97 Å². The standard InChI is InChI=1S/C19H22N2O5/c1-14(18(24)21-19(13-20)9-5-2-6-10-19)26-17(23)12-25-16-8-4-3-7-15(16)11-22/h3-4,7-8,11,14H,2,5-6,9-10,12H2,1H3,(H,21,24)/t14-/m1/s1. The van der Waals surface area contributed by atoms with Crippen molar-refractivity contribution in [3.8, 4) is 11.8 Å². The maximum Gasteiger partial charge on any atom is 0.344 e. The molecule has 0 spiro atoms. The lowest BCUT2D eigenvalue weighted by atomic mass is 9.83. The maximum atomic E-state index is 12.3. The summed E-state index contributed by atoms with van der Waals surface area (Å²) in [4.78, 5) is 35.1. The van der Waals surface area contributed by atoms with Crippen LogP contribution in [0.15, 0.2) is 24.3 Å². The number of nitriles is 1. The van der Waals surface area contributed by atoms with Crippen molar-refractivity contribution in [3.63, 3.8) is 0 Å². The Morgan fingerprint density at radius 3 is 2.65 bits per heavy atom. The molecule has 7 nitrogen and oxygen atoms in total. The number of ether oxygens (including phenoxy) is 2. The van der Waals surface area contributed by atoms with Crippen LogP contribution >= 0.6 is 0 Å². The third-order valence-electron chi connectivity index (χ3n) is 4.35. The van der Waals surface area contributed by atoms with Crippen molar-refractivity contribution in [1.29, 1.82) is 5.26 Å². The first-order valence-corrected chi connectivity index (χ1v) is 8.59. The summed E-state index contributed by atoms with van der Waals surface area (Å²) < 4.78 is 10.3. The van der Waals surface area contributed by atoms with E-state index in [1.807, 2.05) is 0 Å². The summed E-state index contributed by atoms with van der Waals surface area (Å²) in [6.07, 6.45) is 3.59. The molecule has 1 aliphatic carbocycles. The molecule has 0 heterocycles. The molecule has 0 unspecified atom stereocenters. The summed E-state index contributed by atoms with van der Waals surface area (Å²) in [5.41, 5.74) is -0.561. The zero-order valence-electron chi connectivity index (χ0n) is 14.7. The van der Waals surface area contributed by atoms with E-state index in [1.54, 1.807) is 24.3 Å². The van der Waals surface area contributed by atoms with Crippen LogP contribution in [-0.4, -0.2) is 36.4 Å². The highest BCUT2D eigenvalue weighted by Gasteiger charge is 2.35. The number of hydrogen-bond donors (Lipinski definition) is 1. The average molecular weight is 358 g/mol. The lowest BCUT2D eigenvalue weighted by Crippen LogP contribution is -2.52. The highest BCUT2D eigenvalue weighted by Crippen LogP contribution is 2.27. The van der Waals surface area contributed by atoms with Gasteiger partial charge in [0.15, 0.2) is 19.0 Å². The second-order valence-corrected chi connectivity index (χ2v) is 6.32. The van der Waals surface area contributed by atoms with Crippen molar-refractivity contribution < 1.29 is 23.9 Å². The molecule has 0 saturated heterocycles. The lowest BCUT2D eigenvalue weighted by molar-refractivity contribution is -0.157. The molecule has 7 heteroatoms. The van der Waals surface area contributed by atoms with Crippen LogP contribution in [0.5, 0.6) is 5.75 Å². The van der Waals surface area contributed by atoms with Crippen LogP contribution in [0.4, 0.5) is 0 Å². The zero-order chi connectivity index (χ0) is 19.0. The molecule has 0 aliphatic heterocycles. The Balaban J connectivity index is 1.85. The molecule has 1 aliphatic rings. The van der Waals surface area contributed by atoms with E-state index >= 15 is 0 Å². The number of nitrogens with zero attached hydrogens (tertiary/aromatic N) is 1. The monoisotopic (exact) mass is 358 g/mol. The highest BCUT2D eigenvalue weighted by atomic mass is 16.6. The second kappa shape index (κ2) is 8.99. The van der Waals surface area contributed by atoms with Crippen LogP contribution in [0.25, 0.3) is 0 Å². The molecular weight excluding hydrogens is 336 g/mol. The number of benzene rings is 1. The molecule has 0 radical (unpaired) electrons. The van der Waals surface area contributed by atoms with E-state index < -0.39 is 30.1 Å². The van der Waals surface area contributed by atoms with Crippen molar-refractivity contribution in [2.24, 2.45) is 0 Å². The van der Waals surface area contributed by atoms with Gasteiger partial charge in [-0.3, -0.25) is 9.59 Å². The van der Waals surface area contributed by atoms with Gasteiger partial charge in [-0.05, 0) is 31.9 Å². The van der Waals surface area contributed by atoms with Gasteiger partial charge in [0.2, 0.25) is 0 Å². The smallest absolute Gasteiger partial charge is 0.344 e. The minimum Gasteiger partial charge on any atom is -0.481 e. The molecule has 0 aromatic heterocycles. The topological polar surface area (TPSA) is 105 Å². The predicted molar refractivity (Wildman–Crippen MR) is 92.5 cm³/mol. The Morgan fingerprint density at radius 2 is 2.00 bits per heavy atom. The molecule has 1 N–H and O–H groups in total. The number of amides is 1. The summed E-state index contributed by atoms with van der Waals surface area (Å²) in [6, 6.07) is 8.67. The number of nitrogens with one attached hydrogen (secondary N) is 1. The van der Waals surface area contributed by atoms with E-state index in [4.69, 9.17) is 9.47 Å². The molecule has 1 fully saturated rings. The fraction of sp³-hybridized carbons (Fsp3) is 0.474. The maximum absolute atomic E-state index is 12.3. The van der Waals surface area contributed by atoms with E-state index in [0.29, 0.717) is 24.7 Å². The van der Waals surface area contributed by atoms with Gasteiger partial charge < -0.3 is 14.8 Å². The van der Waals surface area contributed by atoms with E-state index in [1.165, 1.54) is 6.92 Å². The number of rotatable bonds is 7. The van der Waals surface area contributed by atoms with Gasteiger partial charge in [0.05, 0.1) is 11.6 Å². The first-order chi connectivity index (χ1) is 12.5. The van der Waals surface area contributed by atoms with Gasteiger partial charge in [-0.1, -0.05) is 31.4 Å². The van der Waals surface area contributed by atoms with Crippen LogP contribution in [-0.2, 0) is 14.3 Å². The molecule has 1 aromatic rings. The summed E-state index contributed by atoms with van der Waals surface area (Å²) in [5, 5.41) is 12.1. The molecule has 1 saturated carbocycles. The number of carbonyl (C=O) groups excluding carboxylic acids is 3. The molecule has 26 heavy (non-hydrogen) atoms. The van der Waals surface area contributed by atoms with E-state index in [0.717, 1.165) is 19.3 Å². The Bertz CT molecular complexity index is 704. The third kappa shape index (κ3) is 5.06. The number of esters is 1. The Labute approximate surface area is 152 Å².